The molecule has 0 radical (unpaired) electrons. The van der Waals surface area contributed by atoms with Gasteiger partial charge in [0.2, 0.25) is 5.90 Å². The molecule has 0 saturated heterocycles. The summed E-state index contributed by atoms with van der Waals surface area (Å²) >= 11 is 5.95. The van der Waals surface area contributed by atoms with Gasteiger partial charge in [0.1, 0.15) is 11.5 Å². The molecule has 130 valence electrons. The molecule has 0 saturated carbocycles. The molecule has 0 atom stereocenters. The first-order chi connectivity index (χ1) is 12.7. The number of aliphatic imine (C=N–C) groups is 1. The number of halogens is 1. The van der Waals surface area contributed by atoms with E-state index in [4.69, 9.17) is 21.1 Å². The fourth-order valence-corrected chi connectivity index (χ4v) is 2.26. The van der Waals surface area contributed by atoms with E-state index in [1.54, 1.807) is 18.4 Å². The predicted octanol–water partition coefficient (Wildman–Crippen LogP) is 6.43. The van der Waals surface area contributed by atoms with Crippen LogP contribution in [0, 0.1) is 0 Å². The normalized spacial score (nSPS) is 11.9. The van der Waals surface area contributed by atoms with Gasteiger partial charge in [-0.15, -0.1) is 0 Å². The molecule has 0 aliphatic rings. The Morgan fingerprint density at radius 2 is 1.38 bits per heavy atom. The van der Waals surface area contributed by atoms with Gasteiger partial charge >= 0.3 is 0 Å². The summed E-state index contributed by atoms with van der Waals surface area (Å²) in [6.07, 6.45) is 1.63. The number of hydrogen-bond acceptors (Lipinski definition) is 3. The zero-order valence-corrected chi connectivity index (χ0v) is 15.1. The van der Waals surface area contributed by atoms with Crippen LogP contribution in [0.15, 0.2) is 102 Å². The van der Waals surface area contributed by atoms with Crippen molar-refractivity contribution in [3.8, 4) is 11.5 Å². The molecular formula is C22H18ClNO2. The summed E-state index contributed by atoms with van der Waals surface area (Å²) in [5.41, 5.74) is 1.50. The van der Waals surface area contributed by atoms with E-state index in [2.05, 4.69) is 4.99 Å². The highest BCUT2D eigenvalue weighted by molar-refractivity contribution is 6.30. The van der Waals surface area contributed by atoms with E-state index in [1.165, 1.54) is 0 Å². The monoisotopic (exact) mass is 363 g/mol. The van der Waals surface area contributed by atoms with Crippen LogP contribution in [0.2, 0.25) is 5.02 Å². The van der Waals surface area contributed by atoms with Gasteiger partial charge in [-0.25, -0.2) is 4.99 Å². The van der Waals surface area contributed by atoms with E-state index in [0.29, 0.717) is 16.7 Å². The number of benzene rings is 3. The van der Waals surface area contributed by atoms with E-state index >= 15 is 0 Å². The van der Waals surface area contributed by atoms with Crippen molar-refractivity contribution in [2.45, 2.75) is 6.92 Å². The minimum Gasteiger partial charge on any atom is -0.465 e. The number of hydrogen-bond donors (Lipinski definition) is 0. The summed E-state index contributed by atoms with van der Waals surface area (Å²) in [6.45, 7) is 1.89. The third kappa shape index (κ3) is 5.23. The van der Waals surface area contributed by atoms with Crippen molar-refractivity contribution in [2.75, 3.05) is 0 Å². The SMILES string of the molecule is CC(=C\Oc1ccccc1)/C(=N\c1ccc(Cl)cc1)Oc1ccccc1. The lowest BCUT2D eigenvalue weighted by atomic mass is 10.3. The second-order valence-corrected chi connectivity index (χ2v) is 5.98. The van der Waals surface area contributed by atoms with Crippen molar-refractivity contribution in [1.82, 2.24) is 0 Å². The average Bonchev–Trinajstić information content (AvgIpc) is 2.69. The maximum absolute atomic E-state index is 5.97. The minimum atomic E-state index is 0.453. The van der Waals surface area contributed by atoms with Crippen LogP contribution in [-0.2, 0) is 0 Å². The Labute approximate surface area is 158 Å². The van der Waals surface area contributed by atoms with E-state index in [1.807, 2.05) is 79.7 Å². The van der Waals surface area contributed by atoms with Crippen molar-refractivity contribution < 1.29 is 9.47 Å². The second-order valence-electron chi connectivity index (χ2n) is 5.54. The maximum Gasteiger partial charge on any atom is 0.225 e. The zero-order valence-electron chi connectivity index (χ0n) is 14.3. The summed E-state index contributed by atoms with van der Waals surface area (Å²) in [6, 6.07) is 26.3. The fourth-order valence-electron chi connectivity index (χ4n) is 2.13. The Morgan fingerprint density at radius 3 is 2.00 bits per heavy atom. The molecule has 3 aromatic rings. The number of nitrogens with zero attached hydrogens (tertiary/aromatic N) is 1. The van der Waals surface area contributed by atoms with Crippen LogP contribution in [-0.4, -0.2) is 5.90 Å². The fraction of sp³-hybridized carbons (Fsp3) is 0.0455. The van der Waals surface area contributed by atoms with E-state index < -0.39 is 0 Å². The van der Waals surface area contributed by atoms with Crippen LogP contribution in [0.4, 0.5) is 5.69 Å². The Kier molecular flexibility index (Phi) is 6.07. The zero-order chi connectivity index (χ0) is 18.2. The van der Waals surface area contributed by atoms with Gasteiger partial charge in [-0.3, -0.25) is 0 Å². The van der Waals surface area contributed by atoms with E-state index in [0.717, 1.165) is 17.0 Å². The van der Waals surface area contributed by atoms with Gasteiger partial charge in [0.25, 0.3) is 0 Å². The van der Waals surface area contributed by atoms with Crippen molar-refractivity contribution in [3.05, 3.63) is 102 Å². The van der Waals surface area contributed by atoms with Crippen molar-refractivity contribution in [3.63, 3.8) is 0 Å². The molecule has 0 bridgehead atoms. The first-order valence-corrected chi connectivity index (χ1v) is 8.54. The largest absolute Gasteiger partial charge is 0.465 e. The summed E-state index contributed by atoms with van der Waals surface area (Å²) in [5, 5.41) is 0.661. The van der Waals surface area contributed by atoms with Crippen LogP contribution in [0.25, 0.3) is 0 Å². The van der Waals surface area contributed by atoms with Gasteiger partial charge in [-0.2, -0.15) is 0 Å². The third-order valence-electron chi connectivity index (χ3n) is 3.47. The minimum absolute atomic E-state index is 0.453. The summed E-state index contributed by atoms with van der Waals surface area (Å²) in [5.74, 6) is 1.90. The molecule has 26 heavy (non-hydrogen) atoms. The second kappa shape index (κ2) is 8.88. The highest BCUT2D eigenvalue weighted by Crippen LogP contribution is 2.20. The molecular weight excluding hydrogens is 346 g/mol. The van der Waals surface area contributed by atoms with Crippen molar-refractivity contribution in [2.24, 2.45) is 4.99 Å². The molecule has 3 rings (SSSR count). The lowest BCUT2D eigenvalue weighted by Crippen LogP contribution is -2.10. The first kappa shape index (κ1) is 17.8. The molecule has 3 aromatic carbocycles. The summed E-state index contributed by atoms with van der Waals surface area (Å²) in [4.78, 5) is 4.59. The van der Waals surface area contributed by atoms with Gasteiger partial charge in [0, 0.05) is 10.6 Å². The van der Waals surface area contributed by atoms with Crippen LogP contribution >= 0.6 is 11.6 Å². The molecule has 0 heterocycles. The Bertz CT molecular complexity index is 888. The Hall–Kier alpha value is -3.04. The quantitative estimate of drug-likeness (QED) is 0.297. The third-order valence-corrected chi connectivity index (χ3v) is 3.72. The van der Waals surface area contributed by atoms with Crippen LogP contribution in [0.5, 0.6) is 11.5 Å². The molecule has 0 aliphatic carbocycles. The number of para-hydroxylation sites is 2. The van der Waals surface area contributed by atoms with Crippen molar-refractivity contribution >= 4 is 23.2 Å². The maximum atomic E-state index is 5.97. The lowest BCUT2D eigenvalue weighted by molar-refractivity contribution is 0.473. The van der Waals surface area contributed by atoms with E-state index in [-0.39, 0.29) is 0 Å². The van der Waals surface area contributed by atoms with Crippen molar-refractivity contribution in [1.29, 1.82) is 0 Å². The summed E-state index contributed by atoms with van der Waals surface area (Å²) in [7, 11) is 0. The average molecular weight is 364 g/mol. The number of rotatable bonds is 5. The Balaban J connectivity index is 1.87. The van der Waals surface area contributed by atoms with Crippen LogP contribution < -0.4 is 9.47 Å². The molecule has 0 N–H and O–H groups in total. The molecule has 0 spiro atoms. The molecule has 0 unspecified atom stereocenters. The van der Waals surface area contributed by atoms with Gasteiger partial charge in [0.05, 0.1) is 11.9 Å². The van der Waals surface area contributed by atoms with Gasteiger partial charge in [0.15, 0.2) is 0 Å². The van der Waals surface area contributed by atoms with Crippen LogP contribution in [0.1, 0.15) is 6.92 Å². The molecule has 0 aromatic heterocycles. The molecule has 0 amide bonds. The van der Waals surface area contributed by atoms with Gasteiger partial charge in [-0.05, 0) is 55.5 Å². The van der Waals surface area contributed by atoms with Gasteiger partial charge in [-0.1, -0.05) is 48.0 Å². The van der Waals surface area contributed by atoms with E-state index in [9.17, 15) is 0 Å². The smallest absolute Gasteiger partial charge is 0.225 e. The summed E-state index contributed by atoms with van der Waals surface area (Å²) < 4.78 is 11.7. The number of ether oxygens (including phenoxy) is 2. The predicted molar refractivity (Wildman–Crippen MR) is 106 cm³/mol. The molecule has 4 heteroatoms. The topological polar surface area (TPSA) is 30.8 Å². The molecule has 0 aliphatic heterocycles. The van der Waals surface area contributed by atoms with Gasteiger partial charge < -0.3 is 9.47 Å². The standard InChI is InChI=1S/C22H18ClNO2/c1-17(16-25-20-8-4-2-5-9-20)22(26-21-10-6-3-7-11-21)24-19-14-12-18(23)13-15-19/h2-16H,1H3/b17-16+,24-22+. The lowest BCUT2D eigenvalue weighted by Gasteiger charge is -2.10. The molecule has 0 fully saturated rings. The Morgan fingerprint density at radius 1 is 0.808 bits per heavy atom. The highest BCUT2D eigenvalue weighted by atomic mass is 35.5. The first-order valence-electron chi connectivity index (χ1n) is 8.17. The van der Waals surface area contributed by atoms with Crippen LogP contribution in [0.3, 0.4) is 0 Å². The molecule has 3 nitrogen and oxygen atoms in total. The highest BCUT2D eigenvalue weighted by Gasteiger charge is 2.07.